The van der Waals surface area contributed by atoms with E-state index < -0.39 is 9.05 Å². The fourth-order valence-corrected chi connectivity index (χ4v) is 3.33. The molecule has 0 heterocycles. The number of amides is 1. The summed E-state index contributed by atoms with van der Waals surface area (Å²) in [6, 6.07) is 4.93. The molecule has 0 aliphatic heterocycles. The minimum atomic E-state index is -3.83. The molecule has 1 fully saturated rings. The predicted octanol–water partition coefficient (Wildman–Crippen LogP) is 2.55. The largest absolute Gasteiger partial charge is 0.336 e. The zero-order valence-corrected chi connectivity index (χ0v) is 12.5. The van der Waals surface area contributed by atoms with Gasteiger partial charge in [-0.1, -0.05) is 6.07 Å². The van der Waals surface area contributed by atoms with Gasteiger partial charge in [-0.25, -0.2) is 8.42 Å². The number of benzene rings is 1. The molecule has 6 heteroatoms. The van der Waals surface area contributed by atoms with Gasteiger partial charge in [0.15, 0.2) is 0 Å². The molecule has 0 atom stereocenters. The van der Waals surface area contributed by atoms with E-state index in [-0.39, 0.29) is 10.8 Å². The number of nitrogens with zero attached hydrogens (tertiary/aromatic N) is 1. The van der Waals surface area contributed by atoms with Crippen molar-refractivity contribution in [3.05, 3.63) is 29.3 Å². The molecule has 0 unspecified atom stereocenters. The van der Waals surface area contributed by atoms with Crippen LogP contribution in [0.5, 0.6) is 0 Å². The van der Waals surface area contributed by atoms with E-state index in [1.54, 1.807) is 24.0 Å². The van der Waals surface area contributed by atoms with Gasteiger partial charge in [-0.3, -0.25) is 4.79 Å². The third-order valence-corrected chi connectivity index (χ3v) is 4.75. The third kappa shape index (κ3) is 3.09. The van der Waals surface area contributed by atoms with Crippen molar-refractivity contribution in [1.82, 2.24) is 4.90 Å². The van der Waals surface area contributed by atoms with Crippen LogP contribution in [0.1, 0.15) is 35.7 Å². The quantitative estimate of drug-likeness (QED) is 0.803. The van der Waals surface area contributed by atoms with Gasteiger partial charge in [0.1, 0.15) is 0 Å². The summed E-state index contributed by atoms with van der Waals surface area (Å²) in [5, 5.41) is 0. The minimum Gasteiger partial charge on any atom is -0.336 e. The molecule has 1 aliphatic rings. The van der Waals surface area contributed by atoms with Gasteiger partial charge in [0.25, 0.3) is 15.0 Å². The first-order valence-corrected chi connectivity index (χ1v) is 8.51. The van der Waals surface area contributed by atoms with Gasteiger partial charge in [0.2, 0.25) is 0 Å². The number of carbonyl (C=O) groups excluding carboxylic acids is 1. The molecule has 1 aliphatic carbocycles. The molecule has 0 saturated heterocycles. The number of carbonyl (C=O) groups is 1. The average Bonchev–Trinajstić information content (AvgIpc) is 3.13. The molecule has 2 rings (SSSR count). The predicted molar refractivity (Wildman–Crippen MR) is 74.0 cm³/mol. The van der Waals surface area contributed by atoms with E-state index >= 15 is 0 Å². The summed E-state index contributed by atoms with van der Waals surface area (Å²) in [5.74, 6) is -0.133. The van der Waals surface area contributed by atoms with Crippen molar-refractivity contribution in [3.8, 4) is 0 Å². The zero-order valence-electron chi connectivity index (χ0n) is 10.9. The number of halogens is 1. The molecule has 1 aromatic rings. The van der Waals surface area contributed by atoms with Crippen LogP contribution in [-0.2, 0) is 9.05 Å². The fourth-order valence-electron chi connectivity index (χ4n) is 2.12. The van der Waals surface area contributed by atoms with Crippen molar-refractivity contribution in [2.75, 3.05) is 6.54 Å². The number of hydrogen-bond acceptors (Lipinski definition) is 3. The average molecular weight is 302 g/mol. The number of aryl methyl sites for hydroxylation is 1. The van der Waals surface area contributed by atoms with E-state index in [0.29, 0.717) is 23.7 Å². The second-order valence-electron chi connectivity index (χ2n) is 4.74. The van der Waals surface area contributed by atoms with Gasteiger partial charge >= 0.3 is 0 Å². The fraction of sp³-hybridized carbons (Fsp3) is 0.462. The Morgan fingerprint density at radius 2 is 2.05 bits per heavy atom. The molecule has 0 bridgehead atoms. The van der Waals surface area contributed by atoms with E-state index in [2.05, 4.69) is 0 Å². The lowest BCUT2D eigenvalue weighted by atomic mass is 10.1. The van der Waals surface area contributed by atoms with Gasteiger partial charge in [0, 0.05) is 28.8 Å². The first-order chi connectivity index (χ1) is 8.84. The normalized spacial score (nSPS) is 15.3. The van der Waals surface area contributed by atoms with Crippen molar-refractivity contribution in [3.63, 3.8) is 0 Å². The molecule has 1 aromatic carbocycles. The summed E-state index contributed by atoms with van der Waals surface area (Å²) < 4.78 is 22.9. The topological polar surface area (TPSA) is 54.5 Å². The van der Waals surface area contributed by atoms with Crippen LogP contribution in [-0.4, -0.2) is 31.8 Å². The SMILES string of the molecule is CCN(C(=O)c1ccc(C)c(S(=O)(=O)Cl)c1)C1CC1. The maximum atomic E-state index is 12.3. The summed E-state index contributed by atoms with van der Waals surface area (Å²) in [7, 11) is 1.55. The van der Waals surface area contributed by atoms with Crippen LogP contribution in [0, 0.1) is 6.92 Å². The van der Waals surface area contributed by atoms with Gasteiger partial charge in [0.05, 0.1) is 4.90 Å². The van der Waals surface area contributed by atoms with E-state index in [1.165, 1.54) is 6.07 Å². The Hall–Kier alpha value is -1.07. The lowest BCUT2D eigenvalue weighted by molar-refractivity contribution is 0.0752. The second kappa shape index (κ2) is 5.13. The Morgan fingerprint density at radius 1 is 1.42 bits per heavy atom. The lowest BCUT2D eigenvalue weighted by Gasteiger charge is -2.20. The van der Waals surface area contributed by atoms with E-state index in [4.69, 9.17) is 10.7 Å². The van der Waals surface area contributed by atoms with E-state index in [0.717, 1.165) is 12.8 Å². The second-order valence-corrected chi connectivity index (χ2v) is 7.27. The van der Waals surface area contributed by atoms with Crippen LogP contribution in [0.15, 0.2) is 23.1 Å². The smallest absolute Gasteiger partial charge is 0.261 e. The molecule has 1 saturated carbocycles. The summed E-state index contributed by atoms with van der Waals surface area (Å²) in [6.07, 6.45) is 2.04. The summed E-state index contributed by atoms with van der Waals surface area (Å²) in [4.78, 5) is 14.1. The summed E-state index contributed by atoms with van der Waals surface area (Å²) >= 11 is 0. The molecule has 104 valence electrons. The molecule has 19 heavy (non-hydrogen) atoms. The number of rotatable bonds is 4. The van der Waals surface area contributed by atoms with Crippen molar-refractivity contribution < 1.29 is 13.2 Å². The molecular weight excluding hydrogens is 286 g/mol. The van der Waals surface area contributed by atoms with Crippen LogP contribution in [0.4, 0.5) is 0 Å². The summed E-state index contributed by atoms with van der Waals surface area (Å²) in [6.45, 7) is 4.20. The monoisotopic (exact) mass is 301 g/mol. The van der Waals surface area contributed by atoms with Crippen molar-refractivity contribution in [1.29, 1.82) is 0 Å². The maximum Gasteiger partial charge on any atom is 0.261 e. The standard InChI is InChI=1S/C13H16ClNO3S/c1-3-15(11-6-7-11)13(16)10-5-4-9(2)12(8-10)19(14,17)18/h4-5,8,11H,3,6-7H2,1-2H3. The van der Waals surface area contributed by atoms with Gasteiger partial charge < -0.3 is 4.90 Å². The van der Waals surface area contributed by atoms with E-state index in [1.807, 2.05) is 6.92 Å². The van der Waals surface area contributed by atoms with Crippen molar-refractivity contribution in [2.45, 2.75) is 37.6 Å². The third-order valence-electron chi connectivity index (χ3n) is 3.29. The van der Waals surface area contributed by atoms with Crippen LogP contribution >= 0.6 is 10.7 Å². The van der Waals surface area contributed by atoms with E-state index in [9.17, 15) is 13.2 Å². The van der Waals surface area contributed by atoms with Gasteiger partial charge in [-0.15, -0.1) is 0 Å². The van der Waals surface area contributed by atoms with Crippen molar-refractivity contribution >= 4 is 25.6 Å². The zero-order chi connectivity index (χ0) is 14.2. The van der Waals surface area contributed by atoms with Crippen LogP contribution in [0.2, 0.25) is 0 Å². The molecule has 0 radical (unpaired) electrons. The highest BCUT2D eigenvalue weighted by Crippen LogP contribution is 2.29. The molecular formula is C13H16ClNO3S. The van der Waals surface area contributed by atoms with Gasteiger partial charge in [-0.2, -0.15) is 0 Å². The molecule has 1 amide bonds. The lowest BCUT2D eigenvalue weighted by Crippen LogP contribution is -2.32. The molecule has 0 aromatic heterocycles. The maximum absolute atomic E-state index is 12.3. The van der Waals surface area contributed by atoms with Crippen LogP contribution < -0.4 is 0 Å². The first kappa shape index (κ1) is 14.3. The van der Waals surface area contributed by atoms with Crippen LogP contribution in [0.3, 0.4) is 0 Å². The molecule has 4 nitrogen and oxygen atoms in total. The minimum absolute atomic E-state index is 0.00636. The van der Waals surface area contributed by atoms with Crippen molar-refractivity contribution in [2.24, 2.45) is 0 Å². The Kier molecular flexibility index (Phi) is 3.87. The highest BCUT2D eigenvalue weighted by molar-refractivity contribution is 8.13. The Balaban J connectivity index is 2.38. The Morgan fingerprint density at radius 3 is 2.53 bits per heavy atom. The Labute approximate surface area is 117 Å². The Bertz CT molecular complexity index is 608. The van der Waals surface area contributed by atoms with Crippen LogP contribution in [0.25, 0.3) is 0 Å². The number of hydrogen-bond donors (Lipinski definition) is 0. The molecule has 0 spiro atoms. The highest BCUT2D eigenvalue weighted by Gasteiger charge is 2.32. The first-order valence-electron chi connectivity index (χ1n) is 6.21. The molecule has 0 N–H and O–H groups in total. The highest BCUT2D eigenvalue weighted by atomic mass is 35.7. The summed E-state index contributed by atoms with van der Waals surface area (Å²) in [5.41, 5.74) is 0.916. The van der Waals surface area contributed by atoms with Gasteiger partial charge in [-0.05, 0) is 44.4 Å².